The Bertz CT molecular complexity index is 1390. The summed E-state index contributed by atoms with van der Waals surface area (Å²) in [5.74, 6) is -5.99. The Labute approximate surface area is 226 Å². The first-order valence-corrected chi connectivity index (χ1v) is 11.5. The van der Waals surface area contributed by atoms with E-state index in [-0.39, 0.29) is 32.4 Å². The van der Waals surface area contributed by atoms with Crippen molar-refractivity contribution in [2.75, 3.05) is 12.4 Å². The van der Waals surface area contributed by atoms with E-state index in [0.29, 0.717) is 0 Å². The molecule has 2 atom stereocenters. The highest BCUT2D eigenvalue weighted by molar-refractivity contribution is 6.34. The molecule has 10 nitrogen and oxygen atoms in total. The molecule has 3 aromatic carbocycles. The summed E-state index contributed by atoms with van der Waals surface area (Å²) in [5, 5.41) is 12.1. The van der Waals surface area contributed by atoms with Crippen LogP contribution < -0.4 is 5.32 Å². The number of ether oxygens (including phenoxy) is 3. The number of amides is 1. The molecule has 0 aliphatic heterocycles. The summed E-state index contributed by atoms with van der Waals surface area (Å²) in [4.78, 5) is 62.8. The number of carbonyl (C=O) groups is 5. The van der Waals surface area contributed by atoms with Gasteiger partial charge >= 0.3 is 23.9 Å². The average Bonchev–Trinajstić information content (AvgIpc) is 2.90. The molecular weight excluding hydrogens is 541 g/mol. The highest BCUT2D eigenvalue weighted by Gasteiger charge is 2.41. The summed E-state index contributed by atoms with van der Waals surface area (Å²) < 4.78 is 14.9. The highest BCUT2D eigenvalue weighted by atomic mass is 35.5. The van der Waals surface area contributed by atoms with Crippen LogP contribution in [0.2, 0.25) is 10.0 Å². The Morgan fingerprint density at radius 1 is 0.737 bits per heavy atom. The Balaban J connectivity index is 1.96. The molecule has 38 heavy (non-hydrogen) atoms. The minimum atomic E-state index is -2.30. The Morgan fingerprint density at radius 2 is 1.26 bits per heavy atom. The van der Waals surface area contributed by atoms with Crippen molar-refractivity contribution in [3.05, 3.63) is 99.5 Å². The molecule has 0 fully saturated rings. The first-order chi connectivity index (χ1) is 18.1. The summed E-state index contributed by atoms with van der Waals surface area (Å²) in [6.45, 7) is 0. The summed E-state index contributed by atoms with van der Waals surface area (Å²) >= 11 is 12.0. The van der Waals surface area contributed by atoms with Crippen LogP contribution >= 0.6 is 23.2 Å². The quantitative estimate of drug-likeness (QED) is 0.290. The standard InChI is InChI=1S/C26H19Cl2NO9/c1-36-24(33)14-7-6-8-15(13-14)29-22(30)20(37-25(34)16-9-2-4-11-18(16)27)21(23(31)32)38-26(35)17-10-3-5-12-19(17)28/h2-13,20-21H,1H3,(H,29,30)(H,31,32)/t20-,21-/m1/s1. The number of rotatable bonds is 9. The SMILES string of the molecule is COC(=O)c1cccc(NC(=O)[C@H](OC(=O)c2ccccc2Cl)[C@@H](OC(=O)c2ccccc2Cl)C(=O)O)c1. The second-order valence-electron chi connectivity index (χ2n) is 7.51. The van der Waals surface area contributed by atoms with Crippen LogP contribution in [0.1, 0.15) is 31.1 Å². The molecule has 1 amide bonds. The van der Waals surface area contributed by atoms with Gasteiger partial charge in [0, 0.05) is 5.69 Å². The second-order valence-corrected chi connectivity index (χ2v) is 8.33. The molecule has 2 N–H and O–H groups in total. The number of carboxylic acid groups (broad SMARTS) is 1. The molecule has 0 spiro atoms. The number of benzene rings is 3. The largest absolute Gasteiger partial charge is 0.478 e. The lowest BCUT2D eigenvalue weighted by molar-refractivity contribution is -0.157. The van der Waals surface area contributed by atoms with E-state index in [0.717, 1.165) is 0 Å². The molecule has 0 radical (unpaired) electrons. The number of nitrogens with one attached hydrogen (secondary N) is 1. The van der Waals surface area contributed by atoms with Crippen molar-refractivity contribution in [3.63, 3.8) is 0 Å². The van der Waals surface area contributed by atoms with Gasteiger partial charge in [-0.2, -0.15) is 0 Å². The zero-order valence-corrected chi connectivity index (χ0v) is 21.1. The van der Waals surface area contributed by atoms with Crippen LogP contribution in [-0.4, -0.2) is 54.2 Å². The van der Waals surface area contributed by atoms with Gasteiger partial charge in [0.2, 0.25) is 12.2 Å². The van der Waals surface area contributed by atoms with Crippen molar-refractivity contribution in [3.8, 4) is 0 Å². The molecule has 0 heterocycles. The number of hydrogen-bond acceptors (Lipinski definition) is 8. The van der Waals surface area contributed by atoms with Gasteiger partial charge in [0.05, 0.1) is 33.8 Å². The maximum absolute atomic E-state index is 13.2. The predicted molar refractivity (Wildman–Crippen MR) is 135 cm³/mol. The monoisotopic (exact) mass is 559 g/mol. The number of halogens is 2. The third-order valence-corrected chi connectivity index (χ3v) is 5.64. The van der Waals surface area contributed by atoms with E-state index in [1.54, 1.807) is 6.07 Å². The fourth-order valence-corrected chi connectivity index (χ4v) is 3.59. The van der Waals surface area contributed by atoms with Crippen LogP contribution in [0.5, 0.6) is 0 Å². The van der Waals surface area contributed by atoms with Gasteiger partial charge in [0.25, 0.3) is 5.91 Å². The number of aliphatic carboxylic acids is 1. The van der Waals surface area contributed by atoms with Crippen molar-refractivity contribution in [1.29, 1.82) is 0 Å². The summed E-state index contributed by atoms with van der Waals surface area (Å²) in [6, 6.07) is 16.9. The zero-order valence-electron chi connectivity index (χ0n) is 19.6. The summed E-state index contributed by atoms with van der Waals surface area (Å²) in [5.41, 5.74) is -0.225. The smallest absolute Gasteiger partial charge is 0.349 e. The number of esters is 3. The van der Waals surface area contributed by atoms with Crippen molar-refractivity contribution < 1.29 is 43.3 Å². The van der Waals surface area contributed by atoms with Gasteiger partial charge in [-0.05, 0) is 42.5 Å². The first-order valence-electron chi connectivity index (χ1n) is 10.8. The topological polar surface area (TPSA) is 145 Å². The Kier molecular flexibility index (Phi) is 9.42. The second kappa shape index (κ2) is 12.7. The van der Waals surface area contributed by atoms with Gasteiger partial charge in [0.1, 0.15) is 0 Å². The minimum absolute atomic E-state index is 0.0256. The van der Waals surface area contributed by atoms with Gasteiger partial charge in [0.15, 0.2) is 0 Å². The number of carboxylic acids is 1. The van der Waals surface area contributed by atoms with E-state index in [1.165, 1.54) is 73.8 Å². The minimum Gasteiger partial charge on any atom is -0.478 e. The maximum Gasteiger partial charge on any atom is 0.349 e. The van der Waals surface area contributed by atoms with Crippen molar-refractivity contribution >= 4 is 58.7 Å². The van der Waals surface area contributed by atoms with E-state index in [4.69, 9.17) is 32.7 Å². The van der Waals surface area contributed by atoms with E-state index in [2.05, 4.69) is 10.1 Å². The molecule has 0 bridgehead atoms. The van der Waals surface area contributed by atoms with Crippen LogP contribution in [0.25, 0.3) is 0 Å². The van der Waals surface area contributed by atoms with Crippen LogP contribution in [0.3, 0.4) is 0 Å². The van der Waals surface area contributed by atoms with Gasteiger partial charge in [-0.3, -0.25) is 4.79 Å². The number of hydrogen-bond donors (Lipinski definition) is 2. The maximum atomic E-state index is 13.2. The number of anilines is 1. The molecular formula is C26H19Cl2NO9. The number of carbonyl (C=O) groups excluding carboxylic acids is 4. The molecule has 0 unspecified atom stereocenters. The fraction of sp³-hybridized carbons (Fsp3) is 0.115. The molecule has 12 heteroatoms. The average molecular weight is 560 g/mol. The van der Waals surface area contributed by atoms with Crippen molar-refractivity contribution in [2.24, 2.45) is 0 Å². The van der Waals surface area contributed by atoms with Crippen LogP contribution in [0.4, 0.5) is 5.69 Å². The van der Waals surface area contributed by atoms with Crippen LogP contribution in [0, 0.1) is 0 Å². The van der Waals surface area contributed by atoms with Gasteiger partial charge in [-0.15, -0.1) is 0 Å². The fourth-order valence-electron chi connectivity index (χ4n) is 3.16. The van der Waals surface area contributed by atoms with Gasteiger partial charge in [-0.25, -0.2) is 19.2 Å². The summed E-state index contributed by atoms with van der Waals surface area (Å²) in [7, 11) is 1.17. The van der Waals surface area contributed by atoms with E-state index in [9.17, 15) is 29.1 Å². The predicted octanol–water partition coefficient (Wildman–Crippen LogP) is 4.25. The molecule has 3 aromatic rings. The lowest BCUT2D eigenvalue weighted by Crippen LogP contribution is -2.48. The third kappa shape index (κ3) is 6.87. The van der Waals surface area contributed by atoms with E-state index >= 15 is 0 Å². The van der Waals surface area contributed by atoms with Crippen molar-refractivity contribution in [2.45, 2.75) is 12.2 Å². The molecule has 0 saturated heterocycles. The van der Waals surface area contributed by atoms with Crippen LogP contribution in [0.15, 0.2) is 72.8 Å². The normalized spacial score (nSPS) is 12.0. The zero-order chi connectivity index (χ0) is 27.8. The summed E-state index contributed by atoms with van der Waals surface area (Å²) in [6.07, 6.45) is -4.49. The molecule has 0 aliphatic carbocycles. The van der Waals surface area contributed by atoms with Crippen molar-refractivity contribution in [1.82, 2.24) is 0 Å². The van der Waals surface area contributed by atoms with Gasteiger partial charge in [-0.1, -0.05) is 53.5 Å². The van der Waals surface area contributed by atoms with Crippen LogP contribution in [-0.2, 0) is 23.8 Å². The van der Waals surface area contributed by atoms with Gasteiger partial charge < -0.3 is 24.6 Å². The molecule has 196 valence electrons. The Morgan fingerprint density at radius 3 is 1.76 bits per heavy atom. The lowest BCUT2D eigenvalue weighted by Gasteiger charge is -2.24. The molecule has 0 aliphatic rings. The Hall–Kier alpha value is -4.41. The molecule has 0 aromatic heterocycles. The number of methoxy groups -OCH3 is 1. The third-order valence-electron chi connectivity index (χ3n) is 4.98. The molecule has 0 saturated carbocycles. The molecule has 3 rings (SSSR count). The lowest BCUT2D eigenvalue weighted by atomic mass is 10.1. The highest BCUT2D eigenvalue weighted by Crippen LogP contribution is 2.22. The van der Waals surface area contributed by atoms with E-state index < -0.39 is 42.0 Å². The van der Waals surface area contributed by atoms with E-state index in [1.807, 2.05) is 0 Å². The first kappa shape index (κ1) is 28.2.